The molecule has 0 aliphatic rings. The third-order valence-corrected chi connectivity index (χ3v) is 1.61. The molecule has 1 nitrogen and oxygen atoms in total. The molecule has 0 aliphatic carbocycles. The predicted molar refractivity (Wildman–Crippen MR) is 43.2 cm³/mol. The fourth-order valence-corrected chi connectivity index (χ4v) is 1.06. The van der Waals surface area contributed by atoms with E-state index in [0.717, 1.165) is 17.6 Å². The minimum Gasteiger partial charge on any atom is -0.188 e. The van der Waals surface area contributed by atoms with Gasteiger partial charge in [0.05, 0.1) is 0 Å². The van der Waals surface area contributed by atoms with Crippen molar-refractivity contribution in [2.75, 3.05) is 0 Å². The van der Waals surface area contributed by atoms with Gasteiger partial charge in [0, 0.05) is 4.88 Å². The monoisotopic (exact) mass is 197 g/mol. The van der Waals surface area contributed by atoms with Crippen LogP contribution in [0.1, 0.15) is 24.4 Å². The van der Waals surface area contributed by atoms with E-state index in [9.17, 15) is 13.2 Å². The number of rotatable bonds is 0. The standard InChI is InChI=1S/C5H4F3NS.C2H6/c1-3-2-4(9-10-3)5(6,7)8;1-2/h2H,1H3;1-2H3. The summed E-state index contributed by atoms with van der Waals surface area (Å²) in [4.78, 5) is 0.576. The number of aromatic nitrogens is 1. The molecule has 1 aromatic heterocycles. The highest BCUT2D eigenvalue weighted by atomic mass is 32.1. The Labute approximate surface area is 73.4 Å². The van der Waals surface area contributed by atoms with Gasteiger partial charge in [-0.2, -0.15) is 17.5 Å². The van der Waals surface area contributed by atoms with Crippen LogP contribution >= 0.6 is 11.5 Å². The van der Waals surface area contributed by atoms with Gasteiger partial charge < -0.3 is 0 Å². The highest BCUT2D eigenvalue weighted by molar-refractivity contribution is 7.05. The second-order valence-electron chi connectivity index (χ2n) is 1.82. The zero-order valence-corrected chi connectivity index (χ0v) is 7.88. The summed E-state index contributed by atoms with van der Waals surface area (Å²) in [5.41, 5.74) is -0.796. The first-order valence-corrected chi connectivity index (χ1v) is 4.28. The number of hydrogen-bond acceptors (Lipinski definition) is 2. The molecule has 1 heterocycles. The Morgan fingerprint density at radius 1 is 1.33 bits per heavy atom. The van der Waals surface area contributed by atoms with Gasteiger partial charge in [0.2, 0.25) is 0 Å². The fourth-order valence-electron chi connectivity index (χ4n) is 0.500. The third-order valence-electron chi connectivity index (χ3n) is 0.918. The molecule has 0 spiro atoms. The van der Waals surface area contributed by atoms with Gasteiger partial charge in [-0.25, -0.2) is 0 Å². The van der Waals surface area contributed by atoms with Crippen molar-refractivity contribution in [1.29, 1.82) is 0 Å². The lowest BCUT2D eigenvalue weighted by molar-refractivity contribution is -0.140. The van der Waals surface area contributed by atoms with E-state index >= 15 is 0 Å². The maximum atomic E-state index is 11.7. The molecule has 0 amide bonds. The predicted octanol–water partition coefficient (Wildman–Crippen LogP) is 3.50. The molecule has 0 saturated heterocycles. The molecule has 0 radical (unpaired) electrons. The third kappa shape index (κ3) is 3.21. The average Bonchev–Trinajstić information content (AvgIpc) is 2.39. The molecule has 0 saturated carbocycles. The van der Waals surface area contributed by atoms with Crippen molar-refractivity contribution in [2.24, 2.45) is 0 Å². The molecule has 12 heavy (non-hydrogen) atoms. The van der Waals surface area contributed by atoms with E-state index in [1.54, 1.807) is 6.92 Å². The topological polar surface area (TPSA) is 12.9 Å². The lowest BCUT2D eigenvalue weighted by Crippen LogP contribution is -2.04. The molecule has 0 aliphatic heterocycles. The van der Waals surface area contributed by atoms with Gasteiger partial charge in [0.25, 0.3) is 0 Å². The van der Waals surface area contributed by atoms with E-state index in [-0.39, 0.29) is 0 Å². The molecule has 0 atom stereocenters. The maximum Gasteiger partial charge on any atom is 0.434 e. The summed E-state index contributed by atoms with van der Waals surface area (Å²) >= 11 is 0.861. The fraction of sp³-hybridized carbons (Fsp3) is 0.571. The summed E-state index contributed by atoms with van der Waals surface area (Å²) < 4.78 is 38.4. The van der Waals surface area contributed by atoms with Crippen molar-refractivity contribution in [1.82, 2.24) is 4.37 Å². The largest absolute Gasteiger partial charge is 0.434 e. The normalized spacial score (nSPS) is 10.5. The number of alkyl halides is 3. The molecule has 0 bridgehead atoms. The lowest BCUT2D eigenvalue weighted by atomic mass is 10.4. The van der Waals surface area contributed by atoms with Crippen LogP contribution in [0.5, 0.6) is 0 Å². The summed E-state index contributed by atoms with van der Waals surface area (Å²) in [6.45, 7) is 5.59. The maximum absolute atomic E-state index is 11.7. The molecule has 0 aromatic carbocycles. The van der Waals surface area contributed by atoms with Crippen molar-refractivity contribution >= 4 is 11.5 Å². The second kappa shape index (κ2) is 4.45. The first kappa shape index (κ1) is 11.4. The van der Waals surface area contributed by atoms with Crippen LogP contribution in [0.15, 0.2) is 6.07 Å². The zero-order chi connectivity index (χ0) is 9.78. The molecule has 0 fully saturated rings. The summed E-state index contributed by atoms with van der Waals surface area (Å²) in [5, 5.41) is 0. The molecule has 0 unspecified atom stereocenters. The van der Waals surface area contributed by atoms with Crippen LogP contribution in [0.25, 0.3) is 0 Å². The number of hydrogen-bond donors (Lipinski definition) is 0. The van der Waals surface area contributed by atoms with Crippen molar-refractivity contribution in [3.63, 3.8) is 0 Å². The van der Waals surface area contributed by atoms with Crippen LogP contribution < -0.4 is 0 Å². The summed E-state index contributed by atoms with van der Waals surface area (Å²) in [5.74, 6) is 0. The molecule has 0 N–H and O–H groups in total. The summed E-state index contributed by atoms with van der Waals surface area (Å²) in [7, 11) is 0. The Hall–Kier alpha value is -0.580. The van der Waals surface area contributed by atoms with Gasteiger partial charge in [-0.3, -0.25) is 0 Å². The summed E-state index contributed by atoms with van der Waals surface area (Å²) in [6.07, 6.45) is -4.29. The highest BCUT2D eigenvalue weighted by Crippen LogP contribution is 2.29. The number of halogens is 3. The van der Waals surface area contributed by atoms with Crippen LogP contribution in [-0.4, -0.2) is 4.37 Å². The van der Waals surface area contributed by atoms with Crippen molar-refractivity contribution < 1.29 is 13.2 Å². The average molecular weight is 197 g/mol. The van der Waals surface area contributed by atoms with E-state index in [1.165, 1.54) is 0 Å². The Morgan fingerprint density at radius 2 is 1.83 bits per heavy atom. The number of nitrogens with zero attached hydrogens (tertiary/aromatic N) is 1. The quantitative estimate of drug-likeness (QED) is 0.620. The van der Waals surface area contributed by atoms with Crippen LogP contribution in [0.3, 0.4) is 0 Å². The molecular weight excluding hydrogens is 187 g/mol. The Kier molecular flexibility index (Phi) is 4.23. The Bertz CT molecular complexity index is 229. The first-order valence-electron chi connectivity index (χ1n) is 3.50. The van der Waals surface area contributed by atoms with Gasteiger partial charge in [-0.05, 0) is 24.5 Å². The first-order chi connectivity index (χ1) is 5.50. The van der Waals surface area contributed by atoms with Gasteiger partial charge >= 0.3 is 6.18 Å². The van der Waals surface area contributed by atoms with Gasteiger partial charge in [-0.1, -0.05) is 13.8 Å². The van der Waals surface area contributed by atoms with Crippen molar-refractivity contribution in [3.8, 4) is 0 Å². The Balaban J connectivity index is 0.000000561. The van der Waals surface area contributed by atoms with Gasteiger partial charge in [0.15, 0.2) is 5.69 Å². The minimum absolute atomic E-state index is 0.576. The van der Waals surface area contributed by atoms with E-state index in [1.807, 2.05) is 13.8 Å². The lowest BCUT2D eigenvalue weighted by Gasteiger charge is -1.98. The number of aryl methyl sites for hydroxylation is 1. The summed E-state index contributed by atoms with van der Waals surface area (Å²) in [6, 6.07) is 1.03. The van der Waals surface area contributed by atoms with Crippen molar-refractivity contribution in [2.45, 2.75) is 26.9 Å². The molecule has 1 aromatic rings. The van der Waals surface area contributed by atoms with E-state index in [4.69, 9.17) is 0 Å². The van der Waals surface area contributed by atoms with Crippen LogP contribution in [-0.2, 0) is 6.18 Å². The van der Waals surface area contributed by atoms with Gasteiger partial charge in [-0.15, -0.1) is 0 Å². The van der Waals surface area contributed by atoms with E-state index < -0.39 is 11.9 Å². The van der Waals surface area contributed by atoms with Crippen LogP contribution in [0.4, 0.5) is 13.2 Å². The zero-order valence-electron chi connectivity index (χ0n) is 7.07. The highest BCUT2D eigenvalue weighted by Gasteiger charge is 2.33. The van der Waals surface area contributed by atoms with E-state index in [2.05, 4.69) is 4.37 Å². The smallest absolute Gasteiger partial charge is 0.188 e. The Morgan fingerprint density at radius 3 is 2.00 bits per heavy atom. The molecule has 5 heteroatoms. The molecular formula is C7H10F3NS. The van der Waals surface area contributed by atoms with Crippen LogP contribution in [0.2, 0.25) is 0 Å². The van der Waals surface area contributed by atoms with Crippen molar-refractivity contribution in [3.05, 3.63) is 16.6 Å². The SMILES string of the molecule is CC.Cc1cc(C(F)(F)F)ns1. The molecule has 1 rings (SSSR count). The van der Waals surface area contributed by atoms with E-state index in [0.29, 0.717) is 4.88 Å². The second-order valence-corrected chi connectivity index (χ2v) is 2.83. The molecule has 70 valence electrons. The minimum atomic E-state index is -4.29. The van der Waals surface area contributed by atoms with Crippen LogP contribution in [0, 0.1) is 6.92 Å². The van der Waals surface area contributed by atoms with Gasteiger partial charge in [0.1, 0.15) is 0 Å².